The summed E-state index contributed by atoms with van der Waals surface area (Å²) in [6.45, 7) is 0. The standard InChI is InChI=1S/C14H13BrN6O/c1-21(2)14-19-12(18-13(17)20-14)9(7-16)5-8-3-4-11(22)10(15)6-8/h3-6,22H,1-2H3,(H2,17,18,19,20)/b9-5+. The topological polar surface area (TPSA) is 112 Å². The maximum Gasteiger partial charge on any atom is 0.230 e. The highest BCUT2D eigenvalue weighted by Gasteiger charge is 2.11. The Morgan fingerprint density at radius 1 is 1.36 bits per heavy atom. The van der Waals surface area contributed by atoms with Crippen molar-refractivity contribution in [2.24, 2.45) is 0 Å². The fourth-order valence-electron chi connectivity index (χ4n) is 1.63. The second kappa shape index (κ2) is 6.41. The SMILES string of the molecule is CN(C)c1nc(N)nc(/C(C#N)=C/c2ccc(O)c(Br)c2)n1. The van der Waals surface area contributed by atoms with Crippen LogP contribution >= 0.6 is 15.9 Å². The predicted molar refractivity (Wildman–Crippen MR) is 87.9 cm³/mol. The molecule has 0 aliphatic heterocycles. The summed E-state index contributed by atoms with van der Waals surface area (Å²) in [6, 6.07) is 6.94. The summed E-state index contributed by atoms with van der Waals surface area (Å²) in [6.07, 6.45) is 1.61. The van der Waals surface area contributed by atoms with E-state index < -0.39 is 0 Å². The molecule has 0 bridgehead atoms. The molecule has 0 unspecified atom stereocenters. The Hall–Kier alpha value is -2.66. The molecule has 0 radical (unpaired) electrons. The molecular formula is C14H13BrN6O. The zero-order chi connectivity index (χ0) is 16.3. The molecule has 112 valence electrons. The lowest BCUT2D eigenvalue weighted by Crippen LogP contribution is -2.15. The number of rotatable bonds is 3. The number of hydrogen-bond donors (Lipinski definition) is 2. The molecule has 2 aromatic rings. The van der Waals surface area contributed by atoms with Gasteiger partial charge in [0.15, 0.2) is 5.82 Å². The van der Waals surface area contributed by atoms with Gasteiger partial charge in [0, 0.05) is 14.1 Å². The summed E-state index contributed by atoms with van der Waals surface area (Å²) in [5, 5.41) is 18.8. The molecule has 3 N–H and O–H groups in total. The number of allylic oxidation sites excluding steroid dienone is 1. The maximum absolute atomic E-state index is 9.50. The number of nitrogen functional groups attached to an aromatic ring is 1. The average molecular weight is 361 g/mol. The average Bonchev–Trinajstić information content (AvgIpc) is 2.47. The normalized spacial score (nSPS) is 11.1. The molecule has 0 aliphatic carbocycles. The molecule has 0 fully saturated rings. The lowest BCUT2D eigenvalue weighted by Gasteiger charge is -2.11. The minimum atomic E-state index is 0.0433. The third kappa shape index (κ3) is 3.51. The van der Waals surface area contributed by atoms with Gasteiger partial charge in [0.05, 0.1) is 10.0 Å². The van der Waals surface area contributed by atoms with Crippen LogP contribution < -0.4 is 10.6 Å². The Kier molecular flexibility index (Phi) is 4.58. The lowest BCUT2D eigenvalue weighted by molar-refractivity contribution is 0.472. The van der Waals surface area contributed by atoms with Crippen molar-refractivity contribution in [2.75, 3.05) is 24.7 Å². The van der Waals surface area contributed by atoms with E-state index in [0.717, 1.165) is 0 Å². The van der Waals surface area contributed by atoms with Gasteiger partial charge in [0.2, 0.25) is 11.9 Å². The second-order valence-electron chi connectivity index (χ2n) is 4.59. The number of nitrogens with zero attached hydrogens (tertiary/aromatic N) is 5. The first-order chi connectivity index (χ1) is 10.4. The maximum atomic E-state index is 9.50. The number of aromatic nitrogens is 3. The lowest BCUT2D eigenvalue weighted by atomic mass is 10.1. The van der Waals surface area contributed by atoms with Gasteiger partial charge in [-0.25, -0.2) is 0 Å². The molecule has 0 saturated carbocycles. The summed E-state index contributed by atoms with van der Waals surface area (Å²) >= 11 is 3.23. The van der Waals surface area contributed by atoms with Crippen LogP contribution in [0.15, 0.2) is 22.7 Å². The van der Waals surface area contributed by atoms with Gasteiger partial charge < -0.3 is 15.7 Å². The Balaban J connectivity index is 2.50. The summed E-state index contributed by atoms with van der Waals surface area (Å²) < 4.78 is 0.530. The molecule has 1 aromatic carbocycles. The number of phenolic OH excluding ortho intramolecular Hbond substituents is 1. The van der Waals surface area contributed by atoms with Gasteiger partial charge in [-0.2, -0.15) is 20.2 Å². The van der Waals surface area contributed by atoms with E-state index in [4.69, 9.17) is 5.73 Å². The molecule has 0 spiro atoms. The molecule has 1 aromatic heterocycles. The smallest absolute Gasteiger partial charge is 0.230 e. The van der Waals surface area contributed by atoms with Crippen molar-refractivity contribution in [2.45, 2.75) is 0 Å². The van der Waals surface area contributed by atoms with E-state index in [2.05, 4.69) is 37.0 Å². The first-order valence-electron chi connectivity index (χ1n) is 6.20. The number of aromatic hydroxyl groups is 1. The number of halogens is 1. The minimum absolute atomic E-state index is 0.0433. The van der Waals surface area contributed by atoms with Crippen molar-refractivity contribution in [1.82, 2.24) is 15.0 Å². The highest BCUT2D eigenvalue weighted by molar-refractivity contribution is 9.10. The van der Waals surface area contributed by atoms with E-state index in [9.17, 15) is 10.4 Å². The van der Waals surface area contributed by atoms with E-state index >= 15 is 0 Å². The van der Waals surface area contributed by atoms with Crippen molar-refractivity contribution in [1.29, 1.82) is 5.26 Å². The van der Waals surface area contributed by atoms with Crippen LogP contribution in [0.1, 0.15) is 11.4 Å². The number of hydrogen-bond acceptors (Lipinski definition) is 7. The first kappa shape index (κ1) is 15.7. The predicted octanol–water partition coefficient (Wildman–Crippen LogP) is 2.05. The van der Waals surface area contributed by atoms with Gasteiger partial charge in [-0.05, 0) is 39.7 Å². The molecule has 7 nitrogen and oxygen atoms in total. The van der Waals surface area contributed by atoms with Crippen LogP contribution in [-0.2, 0) is 0 Å². The number of benzene rings is 1. The monoisotopic (exact) mass is 360 g/mol. The number of nitriles is 1. The van der Waals surface area contributed by atoms with Crippen molar-refractivity contribution in [3.8, 4) is 11.8 Å². The highest BCUT2D eigenvalue weighted by Crippen LogP contribution is 2.26. The fourth-order valence-corrected chi connectivity index (χ4v) is 2.02. The number of nitrogens with two attached hydrogens (primary N) is 1. The van der Waals surface area contributed by atoms with Gasteiger partial charge in [-0.3, -0.25) is 0 Å². The van der Waals surface area contributed by atoms with Crippen molar-refractivity contribution in [3.63, 3.8) is 0 Å². The molecule has 22 heavy (non-hydrogen) atoms. The third-order valence-corrected chi connectivity index (χ3v) is 3.32. The zero-order valence-corrected chi connectivity index (χ0v) is 13.5. The largest absolute Gasteiger partial charge is 0.507 e. The van der Waals surface area contributed by atoms with Gasteiger partial charge in [0.1, 0.15) is 11.8 Å². The van der Waals surface area contributed by atoms with Gasteiger partial charge >= 0.3 is 0 Å². The van der Waals surface area contributed by atoms with Crippen LogP contribution in [0.4, 0.5) is 11.9 Å². The highest BCUT2D eigenvalue weighted by atomic mass is 79.9. The van der Waals surface area contributed by atoms with Crippen LogP contribution in [0.25, 0.3) is 11.6 Å². The molecule has 0 atom stereocenters. The van der Waals surface area contributed by atoms with E-state index in [1.165, 1.54) is 6.07 Å². The second-order valence-corrected chi connectivity index (χ2v) is 5.45. The van der Waals surface area contributed by atoms with Crippen LogP contribution in [0.2, 0.25) is 0 Å². The van der Waals surface area contributed by atoms with Crippen LogP contribution in [0.5, 0.6) is 5.75 Å². The van der Waals surface area contributed by atoms with E-state index in [1.807, 2.05) is 0 Å². The number of anilines is 2. The van der Waals surface area contributed by atoms with E-state index in [1.54, 1.807) is 37.2 Å². The third-order valence-electron chi connectivity index (χ3n) is 2.68. The van der Waals surface area contributed by atoms with Gasteiger partial charge in [-0.1, -0.05) is 6.07 Å². The quantitative estimate of drug-likeness (QED) is 0.805. The molecule has 0 aliphatic rings. The first-order valence-corrected chi connectivity index (χ1v) is 6.99. The zero-order valence-electron chi connectivity index (χ0n) is 11.9. The van der Waals surface area contributed by atoms with Crippen molar-refractivity contribution in [3.05, 3.63) is 34.1 Å². The summed E-state index contributed by atoms with van der Waals surface area (Å²) in [7, 11) is 3.54. The summed E-state index contributed by atoms with van der Waals surface area (Å²) in [4.78, 5) is 13.9. The fraction of sp³-hybridized carbons (Fsp3) is 0.143. The minimum Gasteiger partial charge on any atom is -0.507 e. The molecule has 2 rings (SSSR count). The Bertz CT molecular complexity index is 781. The molecular weight excluding hydrogens is 348 g/mol. The molecule has 8 heteroatoms. The molecule has 0 saturated heterocycles. The van der Waals surface area contributed by atoms with Crippen LogP contribution in [0, 0.1) is 11.3 Å². The van der Waals surface area contributed by atoms with Gasteiger partial charge in [-0.15, -0.1) is 0 Å². The summed E-state index contributed by atoms with van der Waals surface area (Å²) in [5.74, 6) is 0.732. The van der Waals surface area contributed by atoms with Crippen LogP contribution in [0.3, 0.4) is 0 Å². The number of phenols is 1. The Morgan fingerprint density at radius 2 is 2.09 bits per heavy atom. The van der Waals surface area contributed by atoms with Crippen LogP contribution in [-0.4, -0.2) is 34.2 Å². The molecule has 0 amide bonds. The van der Waals surface area contributed by atoms with Gasteiger partial charge in [0.25, 0.3) is 0 Å². The van der Waals surface area contributed by atoms with E-state index in [-0.39, 0.29) is 23.1 Å². The van der Waals surface area contributed by atoms with Crippen molar-refractivity contribution >= 4 is 39.5 Å². The Morgan fingerprint density at radius 3 is 2.68 bits per heavy atom. The summed E-state index contributed by atoms with van der Waals surface area (Å²) in [5.41, 5.74) is 6.62. The Labute approximate surface area is 135 Å². The molecule has 1 heterocycles. The van der Waals surface area contributed by atoms with E-state index in [0.29, 0.717) is 16.0 Å². The van der Waals surface area contributed by atoms with Crippen molar-refractivity contribution < 1.29 is 5.11 Å².